The number of furan rings is 1. The Kier molecular flexibility index (Phi) is 5.79. The Bertz CT molecular complexity index is 1000. The molecule has 1 aliphatic rings. The molecule has 0 radical (unpaired) electrons. The van der Waals surface area contributed by atoms with Crippen molar-refractivity contribution in [1.82, 2.24) is 4.90 Å². The van der Waals surface area contributed by atoms with Crippen molar-refractivity contribution in [3.63, 3.8) is 0 Å². The van der Waals surface area contributed by atoms with Crippen LogP contribution in [0.3, 0.4) is 0 Å². The summed E-state index contributed by atoms with van der Waals surface area (Å²) in [6.45, 7) is 2.75. The molecule has 0 unspecified atom stereocenters. The van der Waals surface area contributed by atoms with E-state index in [1.165, 1.54) is 18.4 Å². The molecule has 1 fully saturated rings. The molecule has 1 aliphatic heterocycles. The summed E-state index contributed by atoms with van der Waals surface area (Å²) < 4.78 is 18.2. The van der Waals surface area contributed by atoms with Crippen LogP contribution in [0.5, 0.6) is 0 Å². The SMILES string of the molecule is O=C(Nc1ccc(C(=O)N2CCCN(c3ccc(F)cc3)CC2)cc1)c1ccco1. The molecule has 154 valence electrons. The summed E-state index contributed by atoms with van der Waals surface area (Å²) in [5.74, 6) is -0.410. The average molecular weight is 407 g/mol. The van der Waals surface area contributed by atoms with Gasteiger partial charge in [0.05, 0.1) is 6.26 Å². The van der Waals surface area contributed by atoms with Crippen molar-refractivity contribution in [3.8, 4) is 0 Å². The minimum absolute atomic E-state index is 0.0418. The quantitative estimate of drug-likeness (QED) is 0.709. The molecule has 2 amide bonds. The van der Waals surface area contributed by atoms with Gasteiger partial charge in [-0.1, -0.05) is 0 Å². The summed E-state index contributed by atoms with van der Waals surface area (Å²) in [6, 6.07) is 16.5. The smallest absolute Gasteiger partial charge is 0.291 e. The van der Waals surface area contributed by atoms with Crippen LogP contribution < -0.4 is 10.2 Å². The van der Waals surface area contributed by atoms with Crippen molar-refractivity contribution >= 4 is 23.2 Å². The molecule has 2 heterocycles. The van der Waals surface area contributed by atoms with Gasteiger partial charge in [-0.15, -0.1) is 0 Å². The van der Waals surface area contributed by atoms with Crippen LogP contribution in [0.25, 0.3) is 0 Å². The fraction of sp³-hybridized carbons (Fsp3) is 0.217. The second-order valence-corrected chi connectivity index (χ2v) is 7.12. The van der Waals surface area contributed by atoms with Crippen molar-refractivity contribution in [2.45, 2.75) is 6.42 Å². The summed E-state index contributed by atoms with van der Waals surface area (Å²) in [5.41, 5.74) is 2.12. The summed E-state index contributed by atoms with van der Waals surface area (Å²) >= 11 is 0. The van der Waals surface area contributed by atoms with Gasteiger partial charge in [0.1, 0.15) is 5.82 Å². The van der Waals surface area contributed by atoms with Crippen LogP contribution >= 0.6 is 0 Å². The summed E-state index contributed by atoms with van der Waals surface area (Å²) in [4.78, 5) is 29.0. The molecule has 7 heteroatoms. The van der Waals surface area contributed by atoms with Crippen molar-refractivity contribution in [1.29, 1.82) is 0 Å². The van der Waals surface area contributed by atoms with Gasteiger partial charge in [0.15, 0.2) is 5.76 Å². The zero-order valence-corrected chi connectivity index (χ0v) is 16.4. The molecule has 30 heavy (non-hydrogen) atoms. The molecule has 0 atom stereocenters. The average Bonchev–Trinajstić information content (AvgIpc) is 3.20. The fourth-order valence-electron chi connectivity index (χ4n) is 3.51. The molecule has 0 aliphatic carbocycles. The van der Waals surface area contributed by atoms with Crippen LogP contribution in [0.1, 0.15) is 27.3 Å². The third-order valence-electron chi connectivity index (χ3n) is 5.11. The maximum Gasteiger partial charge on any atom is 0.291 e. The molecule has 3 aromatic rings. The standard InChI is InChI=1S/C23H22FN3O3/c24-18-6-10-20(11-7-18)26-12-2-13-27(15-14-26)23(29)17-4-8-19(9-5-17)25-22(28)21-3-1-16-30-21/h1,3-11,16H,2,12-15H2,(H,25,28). The molecule has 6 nitrogen and oxygen atoms in total. The third-order valence-corrected chi connectivity index (χ3v) is 5.11. The first-order valence-electron chi connectivity index (χ1n) is 9.85. The maximum absolute atomic E-state index is 13.2. The third kappa shape index (κ3) is 4.51. The topological polar surface area (TPSA) is 65.8 Å². The van der Waals surface area contributed by atoms with Gasteiger partial charge in [0.2, 0.25) is 0 Å². The van der Waals surface area contributed by atoms with Crippen LogP contribution in [-0.2, 0) is 0 Å². The molecule has 4 rings (SSSR count). The number of hydrogen-bond donors (Lipinski definition) is 1. The number of anilines is 2. The molecule has 0 spiro atoms. The lowest BCUT2D eigenvalue weighted by Gasteiger charge is -2.24. The van der Waals surface area contributed by atoms with E-state index in [1.807, 2.05) is 4.90 Å². The van der Waals surface area contributed by atoms with Crippen molar-refractivity contribution < 1.29 is 18.4 Å². The van der Waals surface area contributed by atoms with E-state index < -0.39 is 0 Å². The number of amides is 2. The molecular formula is C23H22FN3O3. The highest BCUT2D eigenvalue weighted by molar-refractivity contribution is 6.02. The summed E-state index contributed by atoms with van der Waals surface area (Å²) in [5, 5.41) is 2.74. The van der Waals surface area contributed by atoms with Crippen LogP contribution in [0, 0.1) is 5.82 Å². The normalized spacial score (nSPS) is 14.3. The summed E-state index contributed by atoms with van der Waals surface area (Å²) in [6.07, 6.45) is 2.27. The highest BCUT2D eigenvalue weighted by Crippen LogP contribution is 2.19. The second-order valence-electron chi connectivity index (χ2n) is 7.12. The Morgan fingerprint density at radius 3 is 2.37 bits per heavy atom. The molecular weight excluding hydrogens is 385 g/mol. The lowest BCUT2D eigenvalue weighted by molar-refractivity contribution is 0.0767. The van der Waals surface area contributed by atoms with Gasteiger partial charge in [-0.05, 0) is 67.1 Å². The lowest BCUT2D eigenvalue weighted by Crippen LogP contribution is -2.35. The van der Waals surface area contributed by atoms with E-state index in [2.05, 4.69) is 10.2 Å². The molecule has 2 aromatic carbocycles. The number of carbonyl (C=O) groups excluding carboxylic acids is 2. The van der Waals surface area contributed by atoms with E-state index in [0.717, 1.165) is 18.7 Å². The van der Waals surface area contributed by atoms with Crippen LogP contribution in [0.15, 0.2) is 71.3 Å². The van der Waals surface area contributed by atoms with Gasteiger partial charge in [0.25, 0.3) is 11.8 Å². The zero-order valence-electron chi connectivity index (χ0n) is 16.4. The zero-order chi connectivity index (χ0) is 20.9. The maximum atomic E-state index is 13.2. The van der Waals surface area contributed by atoms with Crippen LogP contribution in [-0.4, -0.2) is 42.9 Å². The molecule has 1 N–H and O–H groups in total. The van der Waals surface area contributed by atoms with Gasteiger partial charge in [-0.3, -0.25) is 9.59 Å². The highest BCUT2D eigenvalue weighted by atomic mass is 19.1. The number of halogens is 1. The number of rotatable bonds is 4. The van der Waals surface area contributed by atoms with Crippen molar-refractivity contribution in [2.24, 2.45) is 0 Å². The van der Waals surface area contributed by atoms with Gasteiger partial charge in [0, 0.05) is 43.1 Å². The Labute approximate surface area is 173 Å². The van der Waals surface area contributed by atoms with E-state index in [0.29, 0.717) is 30.9 Å². The number of hydrogen-bond acceptors (Lipinski definition) is 4. The van der Waals surface area contributed by atoms with Gasteiger partial charge in [-0.25, -0.2) is 4.39 Å². The number of nitrogens with one attached hydrogen (secondary N) is 1. The first kappa shape index (κ1) is 19.7. The largest absolute Gasteiger partial charge is 0.459 e. The number of benzene rings is 2. The van der Waals surface area contributed by atoms with Gasteiger partial charge >= 0.3 is 0 Å². The predicted molar refractivity (Wildman–Crippen MR) is 112 cm³/mol. The van der Waals surface area contributed by atoms with E-state index in [4.69, 9.17) is 4.42 Å². The van der Waals surface area contributed by atoms with Gasteiger partial charge in [-0.2, -0.15) is 0 Å². The Balaban J connectivity index is 1.37. The van der Waals surface area contributed by atoms with Gasteiger partial charge < -0.3 is 19.5 Å². The fourth-order valence-corrected chi connectivity index (χ4v) is 3.51. The second kappa shape index (κ2) is 8.82. The Morgan fingerprint density at radius 2 is 1.67 bits per heavy atom. The molecule has 0 bridgehead atoms. The lowest BCUT2D eigenvalue weighted by atomic mass is 10.1. The first-order chi connectivity index (χ1) is 14.6. The van der Waals surface area contributed by atoms with E-state index in [9.17, 15) is 14.0 Å². The van der Waals surface area contributed by atoms with E-state index in [-0.39, 0.29) is 23.4 Å². The molecule has 0 saturated carbocycles. The Morgan fingerprint density at radius 1 is 0.900 bits per heavy atom. The number of carbonyl (C=O) groups is 2. The minimum atomic E-state index is -0.340. The minimum Gasteiger partial charge on any atom is -0.459 e. The van der Waals surface area contributed by atoms with Crippen molar-refractivity contribution in [3.05, 3.63) is 84.1 Å². The Hall–Kier alpha value is -3.61. The molecule has 1 aromatic heterocycles. The first-order valence-corrected chi connectivity index (χ1v) is 9.85. The predicted octanol–water partition coefficient (Wildman–Crippen LogP) is 4.02. The summed E-state index contributed by atoms with van der Waals surface area (Å²) in [7, 11) is 0. The molecule has 1 saturated heterocycles. The van der Waals surface area contributed by atoms with Crippen molar-refractivity contribution in [2.75, 3.05) is 36.4 Å². The monoisotopic (exact) mass is 407 g/mol. The van der Waals surface area contributed by atoms with Crippen LogP contribution in [0.2, 0.25) is 0 Å². The van der Waals surface area contributed by atoms with E-state index in [1.54, 1.807) is 48.5 Å². The number of nitrogens with zero attached hydrogens (tertiary/aromatic N) is 2. The van der Waals surface area contributed by atoms with E-state index >= 15 is 0 Å². The highest BCUT2D eigenvalue weighted by Gasteiger charge is 2.20. The van der Waals surface area contributed by atoms with Crippen LogP contribution in [0.4, 0.5) is 15.8 Å².